The first-order valence-corrected chi connectivity index (χ1v) is 2.95. The van der Waals surface area contributed by atoms with Crippen molar-refractivity contribution in [1.82, 2.24) is 0 Å². The zero-order chi connectivity index (χ0) is 7.78. The van der Waals surface area contributed by atoms with Gasteiger partial charge in [-0.1, -0.05) is 0 Å². The molecule has 56 valence electrons. The number of carbonyl (C=O) groups excluding carboxylic acids is 2. The average Bonchev–Trinajstić information content (AvgIpc) is 2.18. The van der Waals surface area contributed by atoms with Crippen LogP contribution in [0.4, 0.5) is 0 Å². The van der Waals surface area contributed by atoms with Crippen molar-refractivity contribution < 1.29 is 19.4 Å². The van der Waals surface area contributed by atoms with E-state index in [4.69, 9.17) is 4.74 Å². The highest BCUT2D eigenvalue weighted by atomic mass is 16.5. The Morgan fingerprint density at radius 3 is 2.70 bits per heavy atom. The van der Waals surface area contributed by atoms with Crippen LogP contribution >= 0.6 is 0 Å². The summed E-state index contributed by atoms with van der Waals surface area (Å²) in [6.45, 7) is 1.32. The lowest BCUT2D eigenvalue weighted by Gasteiger charge is -2.15. The van der Waals surface area contributed by atoms with E-state index in [2.05, 4.69) is 0 Å². The second-order valence-electron chi connectivity index (χ2n) is 2.32. The van der Waals surface area contributed by atoms with Crippen LogP contribution in [0.2, 0.25) is 0 Å². The second-order valence-corrected chi connectivity index (χ2v) is 2.32. The van der Waals surface area contributed by atoms with Gasteiger partial charge in [-0.25, -0.2) is 0 Å². The predicted molar refractivity (Wildman–Crippen MR) is 31.4 cm³/mol. The van der Waals surface area contributed by atoms with Crippen LogP contribution in [-0.2, 0) is 14.3 Å². The quantitative estimate of drug-likeness (QED) is 0.375. The number of hydrogen-bond donors (Lipinski definition) is 1. The number of hydrogen-bond acceptors (Lipinski definition) is 4. The predicted octanol–water partition coefficient (Wildman–Crippen LogP) is -1.10. The third kappa shape index (κ3) is 0.767. The summed E-state index contributed by atoms with van der Waals surface area (Å²) in [4.78, 5) is 20.9. The fourth-order valence-electron chi connectivity index (χ4n) is 0.832. The topological polar surface area (TPSA) is 63.6 Å². The van der Waals surface area contributed by atoms with Crippen LogP contribution in [0.5, 0.6) is 0 Å². The van der Waals surface area contributed by atoms with Crippen LogP contribution in [0, 0.1) is 0 Å². The smallest absolute Gasteiger partial charge is 0.206 e. The first-order chi connectivity index (χ1) is 4.61. The Bertz CT molecular complexity index is 177. The van der Waals surface area contributed by atoms with Crippen LogP contribution < -0.4 is 0 Å². The van der Waals surface area contributed by atoms with Crippen LogP contribution in [0.3, 0.4) is 0 Å². The molecule has 0 bridgehead atoms. The van der Waals surface area contributed by atoms with Crippen molar-refractivity contribution in [1.29, 1.82) is 0 Å². The summed E-state index contributed by atoms with van der Waals surface area (Å²) in [5, 5.41) is 9.19. The molecular weight excluding hydrogens is 136 g/mol. The number of ether oxygens (including phenoxy) is 1. The Labute approximate surface area is 57.8 Å². The van der Waals surface area contributed by atoms with E-state index >= 15 is 0 Å². The maximum Gasteiger partial charge on any atom is 0.206 e. The average molecular weight is 144 g/mol. The number of Topliss-reactive ketones (excluding diaryl/α,β-unsaturated/α-hetero) is 1. The molecule has 0 aromatic rings. The van der Waals surface area contributed by atoms with Gasteiger partial charge in [0.2, 0.25) is 5.60 Å². The van der Waals surface area contributed by atoms with Gasteiger partial charge in [0.25, 0.3) is 0 Å². The zero-order valence-electron chi connectivity index (χ0n) is 5.53. The van der Waals surface area contributed by atoms with Crippen molar-refractivity contribution >= 4 is 12.1 Å². The minimum Gasteiger partial charge on any atom is -0.373 e. The van der Waals surface area contributed by atoms with E-state index in [1.165, 1.54) is 6.92 Å². The minimum absolute atomic E-state index is 0.170. The molecule has 4 nitrogen and oxygen atoms in total. The van der Waals surface area contributed by atoms with Crippen molar-refractivity contribution in [2.24, 2.45) is 0 Å². The summed E-state index contributed by atoms with van der Waals surface area (Å²) in [5.74, 6) is -0.560. The Morgan fingerprint density at radius 1 is 1.90 bits per heavy atom. The van der Waals surface area contributed by atoms with Crippen molar-refractivity contribution in [3.05, 3.63) is 0 Å². The molecule has 0 aliphatic carbocycles. The molecule has 1 saturated heterocycles. The number of carbonyl (C=O) groups is 2. The summed E-state index contributed by atoms with van der Waals surface area (Å²) in [5.41, 5.74) is -1.89. The third-order valence-corrected chi connectivity index (χ3v) is 1.71. The molecule has 2 unspecified atom stereocenters. The lowest BCUT2D eigenvalue weighted by atomic mass is 9.98. The fraction of sp³-hybridized carbons (Fsp3) is 0.667. The summed E-state index contributed by atoms with van der Waals surface area (Å²) >= 11 is 0. The maximum absolute atomic E-state index is 10.7. The normalized spacial score (nSPS) is 40.2. The van der Waals surface area contributed by atoms with Crippen LogP contribution in [0.1, 0.15) is 6.92 Å². The van der Waals surface area contributed by atoms with Crippen molar-refractivity contribution in [3.63, 3.8) is 0 Å². The molecule has 0 radical (unpaired) electrons. The monoisotopic (exact) mass is 144 g/mol. The zero-order valence-corrected chi connectivity index (χ0v) is 5.53. The fourth-order valence-corrected chi connectivity index (χ4v) is 0.832. The van der Waals surface area contributed by atoms with Gasteiger partial charge < -0.3 is 9.84 Å². The van der Waals surface area contributed by atoms with Gasteiger partial charge in [-0.05, 0) is 6.92 Å². The standard InChI is InChI=1S/C6H8O4/c1-4-6(9,3-7)5(8)2-10-4/h3-4,9H,2H2,1H3. The van der Waals surface area contributed by atoms with Gasteiger partial charge in [-0.15, -0.1) is 0 Å². The summed E-state index contributed by atoms with van der Waals surface area (Å²) in [6, 6.07) is 0. The molecule has 1 aliphatic rings. The van der Waals surface area contributed by atoms with Gasteiger partial charge in [-0.2, -0.15) is 0 Å². The number of rotatable bonds is 1. The molecule has 1 heterocycles. The minimum atomic E-state index is -1.89. The first-order valence-electron chi connectivity index (χ1n) is 2.95. The molecule has 0 aromatic heterocycles. The van der Waals surface area contributed by atoms with Gasteiger partial charge in [0, 0.05) is 0 Å². The van der Waals surface area contributed by atoms with E-state index in [9.17, 15) is 14.7 Å². The summed E-state index contributed by atoms with van der Waals surface area (Å²) in [6.07, 6.45) is -0.481. The highest BCUT2D eigenvalue weighted by molar-refractivity contribution is 6.04. The van der Waals surface area contributed by atoms with E-state index in [-0.39, 0.29) is 12.9 Å². The highest BCUT2D eigenvalue weighted by Crippen LogP contribution is 2.19. The molecule has 0 aromatic carbocycles. The van der Waals surface area contributed by atoms with Crippen molar-refractivity contribution in [2.45, 2.75) is 18.6 Å². The molecule has 1 fully saturated rings. The van der Waals surface area contributed by atoms with E-state index in [1.807, 2.05) is 0 Å². The van der Waals surface area contributed by atoms with E-state index < -0.39 is 17.5 Å². The summed E-state index contributed by atoms with van der Waals surface area (Å²) in [7, 11) is 0. The van der Waals surface area contributed by atoms with Crippen molar-refractivity contribution in [2.75, 3.05) is 6.61 Å². The molecule has 4 heteroatoms. The molecule has 1 rings (SSSR count). The summed E-state index contributed by atoms with van der Waals surface area (Å²) < 4.78 is 4.74. The molecule has 0 amide bonds. The van der Waals surface area contributed by atoms with Gasteiger partial charge in [0.1, 0.15) is 6.61 Å². The molecule has 2 atom stereocenters. The molecule has 10 heavy (non-hydrogen) atoms. The van der Waals surface area contributed by atoms with Gasteiger partial charge in [-0.3, -0.25) is 9.59 Å². The molecular formula is C6H8O4. The Hall–Kier alpha value is -0.740. The highest BCUT2D eigenvalue weighted by Gasteiger charge is 2.47. The second kappa shape index (κ2) is 2.14. The molecule has 0 saturated carbocycles. The van der Waals surface area contributed by atoms with Crippen LogP contribution in [-0.4, -0.2) is 35.5 Å². The van der Waals surface area contributed by atoms with Gasteiger partial charge in [0.05, 0.1) is 6.10 Å². The largest absolute Gasteiger partial charge is 0.373 e. The van der Waals surface area contributed by atoms with E-state index in [0.717, 1.165) is 0 Å². The first kappa shape index (κ1) is 7.37. The third-order valence-electron chi connectivity index (χ3n) is 1.71. The lowest BCUT2D eigenvalue weighted by Crippen LogP contribution is -2.44. The molecule has 1 N–H and O–H groups in total. The van der Waals surface area contributed by atoms with Crippen LogP contribution in [0.25, 0.3) is 0 Å². The Morgan fingerprint density at radius 2 is 2.50 bits per heavy atom. The SMILES string of the molecule is CC1OCC(=O)C1(O)C=O. The van der Waals surface area contributed by atoms with Gasteiger partial charge >= 0.3 is 0 Å². The maximum atomic E-state index is 10.7. The van der Waals surface area contributed by atoms with E-state index in [1.54, 1.807) is 0 Å². The molecule has 0 spiro atoms. The number of aldehydes is 1. The van der Waals surface area contributed by atoms with Crippen molar-refractivity contribution in [3.8, 4) is 0 Å². The number of ketones is 1. The van der Waals surface area contributed by atoms with E-state index in [0.29, 0.717) is 0 Å². The Kier molecular flexibility index (Phi) is 1.58. The number of aliphatic hydroxyl groups is 1. The Balaban J connectivity index is 2.90. The van der Waals surface area contributed by atoms with Crippen LogP contribution in [0.15, 0.2) is 0 Å². The lowest BCUT2D eigenvalue weighted by molar-refractivity contribution is -0.141. The molecule has 1 aliphatic heterocycles. The van der Waals surface area contributed by atoms with Gasteiger partial charge in [0.15, 0.2) is 12.1 Å².